The zero-order chi connectivity index (χ0) is 16.1. The molecule has 2 aromatic rings. The first-order valence-corrected chi connectivity index (χ1v) is 7.09. The van der Waals surface area contributed by atoms with Gasteiger partial charge in [0, 0.05) is 5.56 Å². The molecule has 0 saturated carbocycles. The fraction of sp³-hybridized carbons (Fsp3) is 0.312. The maximum absolute atomic E-state index is 11.8. The summed E-state index contributed by atoms with van der Waals surface area (Å²) in [6.07, 6.45) is 0.0184. The Bertz CT molecular complexity index is 671. The second-order valence-corrected chi connectivity index (χ2v) is 4.88. The predicted molar refractivity (Wildman–Crippen MR) is 83.6 cm³/mol. The summed E-state index contributed by atoms with van der Waals surface area (Å²) in [4.78, 5) is 20.0. The number of ether oxygens (including phenoxy) is 2. The zero-order valence-electron chi connectivity index (χ0n) is 12.9. The van der Waals surface area contributed by atoms with Gasteiger partial charge in [-0.25, -0.2) is 14.8 Å². The molecule has 0 aliphatic rings. The minimum absolute atomic E-state index is 0.0138. The minimum atomic E-state index is -0.528. The van der Waals surface area contributed by atoms with Crippen LogP contribution in [0.25, 0.3) is 11.3 Å². The monoisotopic (exact) mass is 301 g/mol. The van der Waals surface area contributed by atoms with Crippen LogP contribution in [0.5, 0.6) is 5.75 Å². The third-order valence-corrected chi connectivity index (χ3v) is 2.75. The largest absolute Gasteiger partial charge is 0.490 e. The van der Waals surface area contributed by atoms with Crippen molar-refractivity contribution in [1.82, 2.24) is 9.97 Å². The van der Waals surface area contributed by atoms with Crippen LogP contribution < -0.4 is 10.5 Å². The van der Waals surface area contributed by atoms with E-state index < -0.39 is 5.97 Å². The Morgan fingerprint density at radius 1 is 1.27 bits per heavy atom. The Labute approximate surface area is 129 Å². The molecule has 0 fully saturated rings. The highest BCUT2D eigenvalue weighted by Crippen LogP contribution is 2.30. The number of nitrogens with zero attached hydrogens (tertiary/aromatic N) is 2. The molecule has 2 rings (SSSR count). The molecule has 0 spiro atoms. The molecule has 6 nitrogen and oxygen atoms in total. The van der Waals surface area contributed by atoms with Gasteiger partial charge in [0.2, 0.25) is 5.95 Å². The molecule has 1 aromatic heterocycles. The number of rotatable bonds is 5. The summed E-state index contributed by atoms with van der Waals surface area (Å²) in [7, 11) is 0. The number of carbonyl (C=O) groups is 1. The highest BCUT2D eigenvalue weighted by Gasteiger charge is 2.15. The second-order valence-electron chi connectivity index (χ2n) is 4.88. The summed E-state index contributed by atoms with van der Waals surface area (Å²) in [6, 6.07) is 8.99. The molecule has 0 atom stereocenters. The molecule has 0 aliphatic carbocycles. The van der Waals surface area contributed by atoms with Gasteiger partial charge in [-0.2, -0.15) is 0 Å². The molecule has 1 aromatic carbocycles. The van der Waals surface area contributed by atoms with E-state index in [2.05, 4.69) is 9.97 Å². The molecule has 2 N–H and O–H groups in total. The van der Waals surface area contributed by atoms with Gasteiger partial charge in [0.25, 0.3) is 0 Å². The lowest BCUT2D eigenvalue weighted by Gasteiger charge is -2.14. The molecule has 0 saturated heterocycles. The summed E-state index contributed by atoms with van der Waals surface area (Å²) >= 11 is 0. The maximum atomic E-state index is 11.8. The quantitative estimate of drug-likeness (QED) is 0.854. The summed E-state index contributed by atoms with van der Waals surface area (Å²) in [6.45, 7) is 5.88. The lowest BCUT2D eigenvalue weighted by Crippen LogP contribution is -2.11. The first kappa shape index (κ1) is 15.8. The molecule has 22 heavy (non-hydrogen) atoms. The lowest BCUT2D eigenvalue weighted by atomic mass is 10.1. The highest BCUT2D eigenvalue weighted by atomic mass is 16.5. The van der Waals surface area contributed by atoms with E-state index in [0.717, 1.165) is 5.56 Å². The molecular weight excluding hydrogens is 282 g/mol. The second kappa shape index (κ2) is 6.89. The Morgan fingerprint density at radius 2 is 2.00 bits per heavy atom. The zero-order valence-corrected chi connectivity index (χ0v) is 12.9. The summed E-state index contributed by atoms with van der Waals surface area (Å²) < 4.78 is 10.7. The third-order valence-electron chi connectivity index (χ3n) is 2.75. The van der Waals surface area contributed by atoms with Crippen molar-refractivity contribution in [2.45, 2.75) is 26.9 Å². The minimum Gasteiger partial charge on any atom is -0.490 e. The van der Waals surface area contributed by atoms with Gasteiger partial charge in [-0.3, -0.25) is 0 Å². The molecule has 0 bridgehead atoms. The van der Waals surface area contributed by atoms with Gasteiger partial charge >= 0.3 is 5.97 Å². The number of nitrogen functional groups attached to an aromatic ring is 1. The van der Waals surface area contributed by atoms with E-state index in [1.54, 1.807) is 13.0 Å². The van der Waals surface area contributed by atoms with E-state index in [1.807, 2.05) is 38.1 Å². The molecule has 0 aliphatic heterocycles. The SMILES string of the molecule is CCOC(=O)c1cc(-c2ccccc2OC(C)C)nc(N)n1. The number of esters is 1. The number of aromatic nitrogens is 2. The standard InChI is InChI=1S/C16H19N3O3/c1-4-21-15(20)13-9-12(18-16(17)19-13)11-7-5-6-8-14(11)22-10(2)3/h5-10H,4H2,1-3H3,(H2,17,18,19). The van der Waals surface area contributed by atoms with E-state index in [4.69, 9.17) is 15.2 Å². The normalized spacial score (nSPS) is 10.5. The van der Waals surface area contributed by atoms with Crippen molar-refractivity contribution in [2.75, 3.05) is 12.3 Å². The van der Waals surface area contributed by atoms with Gasteiger partial charge in [0.1, 0.15) is 5.75 Å². The molecule has 1 heterocycles. The fourth-order valence-electron chi connectivity index (χ4n) is 1.95. The number of carbonyl (C=O) groups excluding carboxylic acids is 1. The topological polar surface area (TPSA) is 87.3 Å². The van der Waals surface area contributed by atoms with Crippen LogP contribution in [-0.4, -0.2) is 28.6 Å². The summed E-state index contributed by atoms with van der Waals surface area (Å²) in [5.41, 5.74) is 7.11. The predicted octanol–water partition coefficient (Wildman–Crippen LogP) is 2.69. The van der Waals surface area contributed by atoms with Crippen molar-refractivity contribution in [3.63, 3.8) is 0 Å². The average Bonchev–Trinajstić information content (AvgIpc) is 2.47. The molecule has 116 valence electrons. The van der Waals surface area contributed by atoms with Crippen molar-refractivity contribution in [3.05, 3.63) is 36.0 Å². The fourth-order valence-corrected chi connectivity index (χ4v) is 1.95. The number of hydrogen-bond donors (Lipinski definition) is 1. The van der Waals surface area contributed by atoms with Crippen LogP contribution >= 0.6 is 0 Å². The van der Waals surface area contributed by atoms with E-state index >= 15 is 0 Å². The van der Waals surface area contributed by atoms with Crippen LogP contribution in [0.1, 0.15) is 31.3 Å². The Balaban J connectivity index is 2.47. The van der Waals surface area contributed by atoms with Crippen LogP contribution in [0.2, 0.25) is 0 Å². The van der Waals surface area contributed by atoms with Gasteiger partial charge in [-0.05, 0) is 39.0 Å². The van der Waals surface area contributed by atoms with E-state index in [9.17, 15) is 4.79 Å². The van der Waals surface area contributed by atoms with Crippen LogP contribution in [0.15, 0.2) is 30.3 Å². The number of hydrogen-bond acceptors (Lipinski definition) is 6. The van der Waals surface area contributed by atoms with Crippen LogP contribution in [0, 0.1) is 0 Å². The van der Waals surface area contributed by atoms with Gasteiger partial charge in [-0.1, -0.05) is 12.1 Å². The number of anilines is 1. The first-order chi connectivity index (χ1) is 10.5. The molecular formula is C16H19N3O3. The lowest BCUT2D eigenvalue weighted by molar-refractivity contribution is 0.0519. The van der Waals surface area contributed by atoms with Crippen molar-refractivity contribution < 1.29 is 14.3 Å². The molecule has 6 heteroatoms. The number of benzene rings is 1. The smallest absolute Gasteiger partial charge is 0.357 e. The van der Waals surface area contributed by atoms with Gasteiger partial charge in [-0.15, -0.1) is 0 Å². The number of para-hydroxylation sites is 1. The van der Waals surface area contributed by atoms with Crippen molar-refractivity contribution >= 4 is 11.9 Å². The maximum Gasteiger partial charge on any atom is 0.357 e. The van der Waals surface area contributed by atoms with Crippen molar-refractivity contribution in [3.8, 4) is 17.0 Å². The van der Waals surface area contributed by atoms with Gasteiger partial charge < -0.3 is 15.2 Å². The third kappa shape index (κ3) is 3.72. The summed E-state index contributed by atoms with van der Waals surface area (Å²) in [5.74, 6) is 0.158. The van der Waals surface area contributed by atoms with Crippen molar-refractivity contribution in [1.29, 1.82) is 0 Å². The average molecular weight is 301 g/mol. The molecule has 0 radical (unpaired) electrons. The van der Waals surface area contributed by atoms with E-state index in [1.165, 1.54) is 0 Å². The first-order valence-electron chi connectivity index (χ1n) is 7.09. The van der Waals surface area contributed by atoms with E-state index in [-0.39, 0.29) is 24.4 Å². The van der Waals surface area contributed by atoms with E-state index in [0.29, 0.717) is 11.4 Å². The summed E-state index contributed by atoms with van der Waals surface area (Å²) in [5, 5.41) is 0. The van der Waals surface area contributed by atoms with Crippen LogP contribution in [0.4, 0.5) is 5.95 Å². The Hall–Kier alpha value is -2.63. The van der Waals surface area contributed by atoms with Crippen LogP contribution in [-0.2, 0) is 4.74 Å². The molecule has 0 unspecified atom stereocenters. The van der Waals surface area contributed by atoms with Gasteiger partial charge in [0.05, 0.1) is 18.4 Å². The highest BCUT2D eigenvalue weighted by molar-refractivity contribution is 5.89. The van der Waals surface area contributed by atoms with Crippen molar-refractivity contribution in [2.24, 2.45) is 0 Å². The Morgan fingerprint density at radius 3 is 2.68 bits per heavy atom. The molecule has 0 amide bonds. The Kier molecular flexibility index (Phi) is 4.93. The van der Waals surface area contributed by atoms with Gasteiger partial charge in [0.15, 0.2) is 5.69 Å². The number of nitrogens with two attached hydrogens (primary N) is 1. The van der Waals surface area contributed by atoms with Crippen LogP contribution in [0.3, 0.4) is 0 Å².